The lowest BCUT2D eigenvalue weighted by Crippen LogP contribution is -2.06. The van der Waals surface area contributed by atoms with Gasteiger partial charge in [0.15, 0.2) is 0 Å². The van der Waals surface area contributed by atoms with Crippen molar-refractivity contribution in [3.63, 3.8) is 0 Å². The van der Waals surface area contributed by atoms with E-state index in [-0.39, 0.29) is 5.56 Å². The van der Waals surface area contributed by atoms with E-state index in [1.54, 1.807) is 0 Å². The molecule has 3 nitrogen and oxygen atoms in total. The van der Waals surface area contributed by atoms with Crippen molar-refractivity contribution in [2.24, 2.45) is 0 Å². The lowest BCUT2D eigenvalue weighted by atomic mass is 10.1. The second kappa shape index (κ2) is 4.45. The Balaban J connectivity index is 3.22. The van der Waals surface area contributed by atoms with Crippen LogP contribution in [-0.2, 0) is 4.74 Å². The molecule has 0 bridgehead atoms. The molecule has 0 aliphatic rings. The van der Waals surface area contributed by atoms with Crippen LogP contribution in [0, 0.1) is 0 Å². The van der Waals surface area contributed by atoms with Gasteiger partial charge in [-0.05, 0) is 22.0 Å². The van der Waals surface area contributed by atoms with Crippen molar-refractivity contribution >= 4 is 21.9 Å². The fraction of sp³-hybridized carbons (Fsp3) is 0.250. The molecule has 0 fully saturated rings. The summed E-state index contributed by atoms with van der Waals surface area (Å²) in [4.78, 5) is 14.7. The molecule has 76 valence electrons. The van der Waals surface area contributed by atoms with E-state index in [0.29, 0.717) is 4.60 Å². The van der Waals surface area contributed by atoms with Gasteiger partial charge in [-0.2, -0.15) is 0 Å². The number of hydrogen-bond donors (Lipinski definition) is 0. The Labute approximate surface area is 87.2 Å². The Kier molecular flexibility index (Phi) is 3.51. The highest BCUT2D eigenvalue weighted by atomic mass is 79.9. The quantitative estimate of drug-likeness (QED) is 0.610. The van der Waals surface area contributed by atoms with E-state index in [1.807, 2.05) is 0 Å². The average Bonchev–Trinajstić information content (AvgIpc) is 2.16. The van der Waals surface area contributed by atoms with Gasteiger partial charge in [0, 0.05) is 6.20 Å². The first-order chi connectivity index (χ1) is 6.56. The Morgan fingerprint density at radius 2 is 2.29 bits per heavy atom. The van der Waals surface area contributed by atoms with Crippen LogP contribution in [0.2, 0.25) is 0 Å². The van der Waals surface area contributed by atoms with Crippen molar-refractivity contribution in [1.29, 1.82) is 0 Å². The second-order valence-corrected chi connectivity index (χ2v) is 3.20. The third-order valence-electron chi connectivity index (χ3n) is 1.54. The van der Waals surface area contributed by atoms with Gasteiger partial charge in [-0.3, -0.25) is 0 Å². The Morgan fingerprint density at radius 1 is 1.64 bits per heavy atom. The summed E-state index contributed by atoms with van der Waals surface area (Å²) in [6.07, 6.45) is -1.80. The first kappa shape index (κ1) is 11.0. The van der Waals surface area contributed by atoms with Crippen molar-refractivity contribution in [2.45, 2.75) is 6.43 Å². The molecule has 0 unspecified atom stereocenters. The van der Waals surface area contributed by atoms with E-state index in [9.17, 15) is 13.6 Å². The number of aromatic nitrogens is 1. The van der Waals surface area contributed by atoms with Gasteiger partial charge in [0.25, 0.3) is 6.43 Å². The van der Waals surface area contributed by atoms with Crippen LogP contribution in [0.1, 0.15) is 22.3 Å². The minimum atomic E-state index is -2.75. The van der Waals surface area contributed by atoms with Gasteiger partial charge in [0.2, 0.25) is 0 Å². The lowest BCUT2D eigenvalue weighted by molar-refractivity contribution is 0.0589. The van der Waals surface area contributed by atoms with E-state index in [0.717, 1.165) is 13.3 Å². The normalized spacial score (nSPS) is 10.4. The molecule has 0 saturated heterocycles. The molecular formula is C8H6BrF2NO2. The molecule has 0 aliphatic heterocycles. The zero-order valence-electron chi connectivity index (χ0n) is 7.13. The molecule has 14 heavy (non-hydrogen) atoms. The maximum atomic E-state index is 12.4. The van der Waals surface area contributed by atoms with E-state index in [4.69, 9.17) is 0 Å². The molecule has 1 heterocycles. The highest BCUT2D eigenvalue weighted by Crippen LogP contribution is 2.24. The van der Waals surface area contributed by atoms with Gasteiger partial charge in [-0.25, -0.2) is 18.6 Å². The first-order valence-corrected chi connectivity index (χ1v) is 4.37. The van der Waals surface area contributed by atoms with Crippen LogP contribution in [0.3, 0.4) is 0 Å². The van der Waals surface area contributed by atoms with Crippen LogP contribution < -0.4 is 0 Å². The van der Waals surface area contributed by atoms with Gasteiger partial charge >= 0.3 is 5.97 Å². The maximum Gasteiger partial charge on any atom is 0.338 e. The number of pyridine rings is 1. The number of hydrogen-bond acceptors (Lipinski definition) is 3. The summed E-state index contributed by atoms with van der Waals surface area (Å²) in [6.45, 7) is 0. The highest BCUT2D eigenvalue weighted by Gasteiger charge is 2.19. The number of rotatable bonds is 2. The number of nitrogens with zero attached hydrogens (tertiary/aromatic N) is 1. The van der Waals surface area contributed by atoms with E-state index in [2.05, 4.69) is 25.7 Å². The number of alkyl halides is 2. The highest BCUT2D eigenvalue weighted by molar-refractivity contribution is 9.10. The third-order valence-corrected chi connectivity index (χ3v) is 1.98. The molecule has 6 heteroatoms. The fourth-order valence-corrected chi connectivity index (χ4v) is 1.23. The summed E-state index contributed by atoms with van der Waals surface area (Å²) in [7, 11) is 1.13. The van der Waals surface area contributed by atoms with Crippen molar-refractivity contribution in [3.05, 3.63) is 28.0 Å². The minimum Gasteiger partial charge on any atom is -0.465 e. The molecule has 0 aromatic carbocycles. The van der Waals surface area contributed by atoms with Crippen LogP contribution in [0.5, 0.6) is 0 Å². The van der Waals surface area contributed by atoms with E-state index >= 15 is 0 Å². The zero-order valence-corrected chi connectivity index (χ0v) is 8.72. The van der Waals surface area contributed by atoms with Gasteiger partial charge in [0.1, 0.15) is 4.60 Å². The largest absolute Gasteiger partial charge is 0.465 e. The Hall–Kier alpha value is -1.04. The van der Waals surface area contributed by atoms with Gasteiger partial charge in [0.05, 0.1) is 18.2 Å². The zero-order chi connectivity index (χ0) is 10.7. The smallest absolute Gasteiger partial charge is 0.338 e. The SMILES string of the molecule is COC(=O)c1cc(Br)ncc1C(F)F. The third kappa shape index (κ3) is 2.25. The molecule has 0 amide bonds. The Morgan fingerprint density at radius 3 is 2.79 bits per heavy atom. The number of halogens is 3. The molecule has 0 radical (unpaired) electrons. The topological polar surface area (TPSA) is 39.2 Å². The summed E-state index contributed by atoms with van der Waals surface area (Å²) in [5.41, 5.74) is -0.607. The van der Waals surface area contributed by atoms with Crippen LogP contribution in [-0.4, -0.2) is 18.1 Å². The molecule has 0 spiro atoms. The Bertz CT molecular complexity index is 357. The lowest BCUT2D eigenvalue weighted by Gasteiger charge is -2.06. The van der Waals surface area contributed by atoms with Crippen LogP contribution >= 0.6 is 15.9 Å². The number of esters is 1. The summed E-state index contributed by atoms with van der Waals surface area (Å²) >= 11 is 2.98. The van der Waals surface area contributed by atoms with Crippen LogP contribution in [0.25, 0.3) is 0 Å². The monoisotopic (exact) mass is 265 g/mol. The molecule has 1 rings (SSSR count). The van der Waals surface area contributed by atoms with Gasteiger partial charge in [-0.15, -0.1) is 0 Å². The maximum absolute atomic E-state index is 12.4. The van der Waals surface area contributed by atoms with Gasteiger partial charge in [-0.1, -0.05) is 0 Å². The van der Waals surface area contributed by atoms with Crippen LogP contribution in [0.4, 0.5) is 8.78 Å². The van der Waals surface area contributed by atoms with Crippen molar-refractivity contribution in [1.82, 2.24) is 4.98 Å². The van der Waals surface area contributed by atoms with E-state index < -0.39 is 18.0 Å². The molecule has 0 saturated carbocycles. The summed E-state index contributed by atoms with van der Waals surface area (Å²) in [5.74, 6) is -0.802. The van der Waals surface area contributed by atoms with Crippen LogP contribution in [0.15, 0.2) is 16.9 Å². The molecule has 1 aromatic heterocycles. The van der Waals surface area contributed by atoms with Gasteiger partial charge < -0.3 is 4.74 Å². The first-order valence-electron chi connectivity index (χ1n) is 3.58. The average molecular weight is 266 g/mol. The number of ether oxygens (including phenoxy) is 1. The summed E-state index contributed by atoms with van der Waals surface area (Å²) < 4.78 is 29.5. The van der Waals surface area contributed by atoms with Crippen molar-refractivity contribution in [3.8, 4) is 0 Å². The fourth-order valence-electron chi connectivity index (χ4n) is 0.901. The second-order valence-electron chi connectivity index (χ2n) is 2.39. The molecule has 1 aromatic rings. The number of carbonyl (C=O) groups is 1. The summed E-state index contributed by atoms with van der Waals surface area (Å²) in [6, 6.07) is 1.20. The molecule has 0 aliphatic carbocycles. The van der Waals surface area contributed by atoms with Crippen molar-refractivity contribution in [2.75, 3.05) is 7.11 Å². The molecule has 0 N–H and O–H groups in total. The molecule has 0 atom stereocenters. The standard InChI is InChI=1S/C8H6BrF2NO2/c1-14-8(13)4-2-6(9)12-3-5(4)7(10)11/h2-3,7H,1H3. The number of carbonyl (C=O) groups excluding carboxylic acids is 1. The predicted octanol–water partition coefficient (Wildman–Crippen LogP) is 2.57. The number of methoxy groups -OCH3 is 1. The molecular weight excluding hydrogens is 260 g/mol. The minimum absolute atomic E-state index is 0.177. The summed E-state index contributed by atoms with van der Waals surface area (Å²) in [5, 5.41) is 0. The van der Waals surface area contributed by atoms with Crippen molar-refractivity contribution < 1.29 is 18.3 Å². The van der Waals surface area contributed by atoms with E-state index in [1.165, 1.54) is 6.07 Å². The predicted molar refractivity (Wildman–Crippen MR) is 48.2 cm³/mol.